The van der Waals surface area contributed by atoms with Gasteiger partial charge < -0.3 is 20.2 Å². The molecule has 1 aliphatic rings. The first kappa shape index (κ1) is 14.6. The molecule has 2 unspecified atom stereocenters. The van der Waals surface area contributed by atoms with Crippen LogP contribution < -0.4 is 10.6 Å². The standard InChI is InChI=1S/C14H20N2O4/c17-13(16-8-11-4-2-6-20-11)9-15-7-10-3-1-5-12(10)14(18)19/h2,4,6,10,12,15H,1,3,5,7-9H2,(H,16,17)(H,18,19). The van der Waals surface area contributed by atoms with Gasteiger partial charge >= 0.3 is 5.97 Å². The van der Waals surface area contributed by atoms with Crippen LogP contribution in [0.5, 0.6) is 0 Å². The van der Waals surface area contributed by atoms with Gasteiger partial charge in [-0.15, -0.1) is 0 Å². The molecule has 6 heteroatoms. The normalized spacial score (nSPS) is 21.8. The van der Waals surface area contributed by atoms with E-state index < -0.39 is 5.97 Å². The molecule has 0 bridgehead atoms. The Balaban J connectivity index is 1.62. The summed E-state index contributed by atoms with van der Waals surface area (Å²) >= 11 is 0. The average Bonchev–Trinajstić information content (AvgIpc) is 3.07. The van der Waals surface area contributed by atoms with Crippen molar-refractivity contribution in [1.29, 1.82) is 0 Å². The highest BCUT2D eigenvalue weighted by atomic mass is 16.4. The lowest BCUT2D eigenvalue weighted by Gasteiger charge is -2.16. The van der Waals surface area contributed by atoms with Gasteiger partial charge in [0.05, 0.1) is 25.3 Å². The molecule has 3 N–H and O–H groups in total. The monoisotopic (exact) mass is 280 g/mol. The molecule has 1 aromatic rings. The van der Waals surface area contributed by atoms with Gasteiger partial charge in [0.25, 0.3) is 0 Å². The lowest BCUT2D eigenvalue weighted by molar-refractivity contribution is -0.142. The Morgan fingerprint density at radius 2 is 2.25 bits per heavy atom. The third kappa shape index (κ3) is 4.09. The third-order valence-corrected chi connectivity index (χ3v) is 3.71. The second-order valence-electron chi connectivity index (χ2n) is 5.12. The molecule has 1 saturated carbocycles. The Morgan fingerprint density at radius 1 is 1.40 bits per heavy atom. The highest BCUT2D eigenvalue weighted by Crippen LogP contribution is 2.31. The van der Waals surface area contributed by atoms with Crippen LogP contribution in [-0.2, 0) is 16.1 Å². The number of hydrogen-bond acceptors (Lipinski definition) is 4. The minimum atomic E-state index is -0.725. The summed E-state index contributed by atoms with van der Waals surface area (Å²) in [7, 11) is 0. The largest absolute Gasteiger partial charge is 0.481 e. The van der Waals surface area contributed by atoms with Crippen LogP contribution in [-0.4, -0.2) is 30.1 Å². The summed E-state index contributed by atoms with van der Waals surface area (Å²) in [5.41, 5.74) is 0. The highest BCUT2D eigenvalue weighted by molar-refractivity contribution is 5.77. The second kappa shape index (κ2) is 7.09. The molecule has 0 saturated heterocycles. The van der Waals surface area contributed by atoms with Crippen LogP contribution in [0.2, 0.25) is 0 Å². The van der Waals surface area contributed by atoms with Gasteiger partial charge in [-0.25, -0.2) is 0 Å². The van der Waals surface area contributed by atoms with Crippen LogP contribution in [0.15, 0.2) is 22.8 Å². The predicted molar refractivity (Wildman–Crippen MR) is 71.9 cm³/mol. The quantitative estimate of drug-likeness (QED) is 0.692. The maximum atomic E-state index is 11.6. The van der Waals surface area contributed by atoms with Gasteiger partial charge in [-0.3, -0.25) is 9.59 Å². The predicted octanol–water partition coefficient (Wildman–Crippen LogP) is 0.986. The lowest BCUT2D eigenvalue weighted by Crippen LogP contribution is -2.37. The first-order valence-corrected chi connectivity index (χ1v) is 6.89. The Hall–Kier alpha value is -1.82. The summed E-state index contributed by atoms with van der Waals surface area (Å²) in [6.45, 7) is 1.14. The van der Waals surface area contributed by atoms with Gasteiger partial charge in [-0.1, -0.05) is 6.42 Å². The lowest BCUT2D eigenvalue weighted by atomic mass is 9.96. The fourth-order valence-electron chi connectivity index (χ4n) is 2.64. The van der Waals surface area contributed by atoms with Crippen molar-refractivity contribution in [2.45, 2.75) is 25.8 Å². The molecule has 0 aromatic carbocycles. The Labute approximate surface area is 117 Å². The van der Waals surface area contributed by atoms with E-state index in [1.54, 1.807) is 18.4 Å². The number of carboxylic acid groups (broad SMARTS) is 1. The molecule has 1 aliphatic carbocycles. The van der Waals surface area contributed by atoms with E-state index in [0.29, 0.717) is 18.8 Å². The molecule has 1 heterocycles. The smallest absolute Gasteiger partial charge is 0.306 e. The number of carbonyl (C=O) groups excluding carboxylic acids is 1. The molecule has 0 radical (unpaired) electrons. The average molecular weight is 280 g/mol. The van der Waals surface area contributed by atoms with Crippen LogP contribution in [0.3, 0.4) is 0 Å². The fraction of sp³-hybridized carbons (Fsp3) is 0.571. The van der Waals surface area contributed by atoms with Crippen molar-refractivity contribution in [3.05, 3.63) is 24.2 Å². The van der Waals surface area contributed by atoms with E-state index in [-0.39, 0.29) is 24.3 Å². The third-order valence-electron chi connectivity index (χ3n) is 3.71. The van der Waals surface area contributed by atoms with Gasteiger partial charge in [0.1, 0.15) is 5.76 Å². The molecule has 0 spiro atoms. The number of amides is 1. The summed E-state index contributed by atoms with van der Waals surface area (Å²) in [5, 5.41) is 14.8. The minimum absolute atomic E-state index is 0.119. The van der Waals surface area contributed by atoms with E-state index in [9.17, 15) is 9.59 Å². The first-order valence-electron chi connectivity index (χ1n) is 6.89. The number of carbonyl (C=O) groups is 2. The molecular weight excluding hydrogens is 260 g/mol. The zero-order chi connectivity index (χ0) is 14.4. The molecule has 0 aliphatic heterocycles. The number of hydrogen-bond donors (Lipinski definition) is 3. The van der Waals surface area contributed by atoms with Crippen LogP contribution >= 0.6 is 0 Å². The SMILES string of the molecule is O=C(CNCC1CCCC1C(=O)O)NCc1ccco1. The van der Waals surface area contributed by atoms with E-state index in [1.807, 2.05) is 0 Å². The van der Waals surface area contributed by atoms with Crippen molar-refractivity contribution in [1.82, 2.24) is 10.6 Å². The first-order chi connectivity index (χ1) is 9.66. The molecule has 2 atom stereocenters. The summed E-state index contributed by atoms with van der Waals surface area (Å²) in [6.07, 6.45) is 4.17. The van der Waals surface area contributed by atoms with Crippen molar-refractivity contribution in [2.75, 3.05) is 13.1 Å². The molecule has 110 valence electrons. The highest BCUT2D eigenvalue weighted by Gasteiger charge is 2.32. The number of carboxylic acids is 1. The fourth-order valence-corrected chi connectivity index (χ4v) is 2.64. The number of rotatable bonds is 7. The molecular formula is C14H20N2O4. The summed E-state index contributed by atoms with van der Waals surface area (Å²) in [5.74, 6) is -0.276. The number of furan rings is 1. The van der Waals surface area contributed by atoms with Gasteiger partial charge in [0.15, 0.2) is 0 Å². The van der Waals surface area contributed by atoms with Gasteiger partial charge in [-0.05, 0) is 37.4 Å². The van der Waals surface area contributed by atoms with Crippen LogP contribution in [0, 0.1) is 11.8 Å². The summed E-state index contributed by atoms with van der Waals surface area (Å²) in [4.78, 5) is 22.6. The molecule has 2 rings (SSSR count). The Bertz CT molecular complexity index is 444. The van der Waals surface area contributed by atoms with Gasteiger partial charge in [0.2, 0.25) is 5.91 Å². The zero-order valence-electron chi connectivity index (χ0n) is 11.3. The molecule has 6 nitrogen and oxygen atoms in total. The van der Waals surface area contributed by atoms with Crippen molar-refractivity contribution in [2.24, 2.45) is 11.8 Å². The Morgan fingerprint density at radius 3 is 2.95 bits per heavy atom. The molecule has 20 heavy (non-hydrogen) atoms. The van der Waals surface area contributed by atoms with E-state index in [4.69, 9.17) is 9.52 Å². The van der Waals surface area contributed by atoms with Crippen molar-refractivity contribution >= 4 is 11.9 Å². The van der Waals surface area contributed by atoms with E-state index in [0.717, 1.165) is 19.3 Å². The minimum Gasteiger partial charge on any atom is -0.481 e. The van der Waals surface area contributed by atoms with Crippen LogP contribution in [0.4, 0.5) is 0 Å². The van der Waals surface area contributed by atoms with Crippen molar-refractivity contribution < 1.29 is 19.1 Å². The van der Waals surface area contributed by atoms with Gasteiger partial charge in [0, 0.05) is 0 Å². The van der Waals surface area contributed by atoms with Crippen molar-refractivity contribution in [3.8, 4) is 0 Å². The molecule has 1 fully saturated rings. The molecule has 1 aromatic heterocycles. The summed E-state index contributed by atoms with van der Waals surface area (Å²) in [6, 6.07) is 3.57. The summed E-state index contributed by atoms with van der Waals surface area (Å²) < 4.78 is 5.11. The van der Waals surface area contributed by atoms with Crippen molar-refractivity contribution in [3.63, 3.8) is 0 Å². The molecule has 1 amide bonds. The second-order valence-corrected chi connectivity index (χ2v) is 5.12. The van der Waals surface area contributed by atoms with Crippen LogP contribution in [0.1, 0.15) is 25.0 Å². The van der Waals surface area contributed by atoms with Gasteiger partial charge in [-0.2, -0.15) is 0 Å². The topological polar surface area (TPSA) is 91.6 Å². The maximum absolute atomic E-state index is 11.6. The van der Waals surface area contributed by atoms with E-state index in [2.05, 4.69) is 10.6 Å². The zero-order valence-corrected chi connectivity index (χ0v) is 11.3. The maximum Gasteiger partial charge on any atom is 0.306 e. The number of aliphatic carboxylic acids is 1. The number of nitrogens with one attached hydrogen (secondary N) is 2. The van der Waals surface area contributed by atoms with Crippen LogP contribution in [0.25, 0.3) is 0 Å². The van der Waals surface area contributed by atoms with E-state index in [1.165, 1.54) is 0 Å². The van der Waals surface area contributed by atoms with E-state index >= 15 is 0 Å². The Kier molecular flexibility index (Phi) is 5.17.